The highest BCUT2D eigenvalue weighted by atomic mass is 35.5. The van der Waals surface area contributed by atoms with Gasteiger partial charge < -0.3 is 5.32 Å². The van der Waals surface area contributed by atoms with Crippen LogP contribution >= 0.6 is 12.4 Å². The van der Waals surface area contributed by atoms with E-state index in [1.807, 2.05) is 0 Å². The Labute approximate surface area is 73.2 Å². The number of hydrogen-bond acceptors (Lipinski definition) is 1. The van der Waals surface area contributed by atoms with E-state index in [4.69, 9.17) is 0 Å². The van der Waals surface area contributed by atoms with E-state index in [1.165, 1.54) is 17.7 Å². The van der Waals surface area contributed by atoms with Crippen LogP contribution in [0.2, 0.25) is 0 Å². The SMILES string of the molecule is C[C@H]1Cc2ccccc2N1.Cl. The highest BCUT2D eigenvalue weighted by Gasteiger charge is 2.14. The fourth-order valence-corrected chi connectivity index (χ4v) is 1.49. The monoisotopic (exact) mass is 169 g/mol. The molecular weight excluding hydrogens is 158 g/mol. The first kappa shape index (κ1) is 8.41. The minimum atomic E-state index is 0. The van der Waals surface area contributed by atoms with Crippen LogP contribution in [0, 0.1) is 0 Å². The number of anilines is 1. The van der Waals surface area contributed by atoms with Gasteiger partial charge in [-0.05, 0) is 25.0 Å². The summed E-state index contributed by atoms with van der Waals surface area (Å²) in [6, 6.07) is 9.12. The molecule has 0 radical (unpaired) electrons. The van der Waals surface area contributed by atoms with Gasteiger partial charge in [-0.25, -0.2) is 0 Å². The highest BCUT2D eigenvalue weighted by molar-refractivity contribution is 5.85. The van der Waals surface area contributed by atoms with Crippen molar-refractivity contribution in [2.75, 3.05) is 5.32 Å². The fraction of sp³-hybridized carbons (Fsp3) is 0.333. The zero-order chi connectivity index (χ0) is 6.97. The maximum Gasteiger partial charge on any atom is 0.0375 e. The summed E-state index contributed by atoms with van der Waals surface area (Å²) in [4.78, 5) is 0. The number of para-hydroxylation sites is 1. The molecule has 0 fully saturated rings. The van der Waals surface area contributed by atoms with E-state index >= 15 is 0 Å². The van der Waals surface area contributed by atoms with Crippen LogP contribution in [-0.2, 0) is 6.42 Å². The number of rotatable bonds is 0. The maximum absolute atomic E-state index is 3.40. The topological polar surface area (TPSA) is 12.0 Å². The fourth-order valence-electron chi connectivity index (χ4n) is 1.49. The molecule has 1 aromatic carbocycles. The van der Waals surface area contributed by atoms with Crippen molar-refractivity contribution >= 4 is 18.1 Å². The molecule has 0 saturated carbocycles. The first-order valence-electron chi connectivity index (χ1n) is 3.71. The highest BCUT2D eigenvalue weighted by Crippen LogP contribution is 2.24. The number of benzene rings is 1. The van der Waals surface area contributed by atoms with Crippen molar-refractivity contribution in [2.24, 2.45) is 0 Å². The molecule has 60 valence electrons. The molecule has 1 heterocycles. The Balaban J connectivity index is 0.000000605. The molecule has 1 atom stereocenters. The zero-order valence-corrected chi connectivity index (χ0v) is 7.32. The van der Waals surface area contributed by atoms with Crippen molar-refractivity contribution in [1.82, 2.24) is 0 Å². The van der Waals surface area contributed by atoms with Gasteiger partial charge in [-0.3, -0.25) is 0 Å². The normalized spacial score (nSPS) is 19.9. The standard InChI is InChI=1S/C9H11N.ClH/c1-7-6-8-4-2-3-5-9(8)10-7;/h2-5,7,10H,6H2,1H3;1H/t7-;/m0./s1. The Kier molecular flexibility index (Phi) is 2.40. The van der Waals surface area contributed by atoms with Crippen LogP contribution in [-0.4, -0.2) is 6.04 Å². The molecule has 1 aliphatic heterocycles. The summed E-state index contributed by atoms with van der Waals surface area (Å²) < 4.78 is 0. The second-order valence-electron chi connectivity index (χ2n) is 2.91. The predicted molar refractivity (Wildman–Crippen MR) is 50.5 cm³/mol. The Morgan fingerprint density at radius 2 is 2.09 bits per heavy atom. The molecule has 1 N–H and O–H groups in total. The average molecular weight is 170 g/mol. The van der Waals surface area contributed by atoms with E-state index < -0.39 is 0 Å². The molecule has 11 heavy (non-hydrogen) atoms. The number of nitrogens with one attached hydrogen (secondary N) is 1. The lowest BCUT2D eigenvalue weighted by Gasteiger charge is -2.00. The van der Waals surface area contributed by atoms with E-state index in [-0.39, 0.29) is 12.4 Å². The van der Waals surface area contributed by atoms with Gasteiger partial charge in [0.15, 0.2) is 0 Å². The Morgan fingerprint density at radius 3 is 2.82 bits per heavy atom. The predicted octanol–water partition coefficient (Wildman–Crippen LogP) is 2.46. The van der Waals surface area contributed by atoms with Crippen molar-refractivity contribution in [1.29, 1.82) is 0 Å². The summed E-state index contributed by atoms with van der Waals surface area (Å²) in [7, 11) is 0. The lowest BCUT2D eigenvalue weighted by Crippen LogP contribution is -2.08. The van der Waals surface area contributed by atoms with E-state index in [2.05, 4.69) is 36.5 Å². The van der Waals surface area contributed by atoms with Gasteiger partial charge in [0.25, 0.3) is 0 Å². The summed E-state index contributed by atoms with van der Waals surface area (Å²) >= 11 is 0. The summed E-state index contributed by atoms with van der Waals surface area (Å²) in [5, 5.41) is 3.40. The van der Waals surface area contributed by atoms with Crippen molar-refractivity contribution in [3.8, 4) is 0 Å². The van der Waals surface area contributed by atoms with Gasteiger partial charge in [0.05, 0.1) is 0 Å². The summed E-state index contributed by atoms with van der Waals surface area (Å²) in [5.74, 6) is 0. The van der Waals surface area contributed by atoms with Crippen LogP contribution in [0.4, 0.5) is 5.69 Å². The molecular formula is C9H12ClN. The average Bonchev–Trinajstić information content (AvgIpc) is 2.27. The molecule has 0 saturated heterocycles. The second-order valence-corrected chi connectivity index (χ2v) is 2.91. The van der Waals surface area contributed by atoms with Crippen LogP contribution in [0.5, 0.6) is 0 Å². The molecule has 0 spiro atoms. The second kappa shape index (κ2) is 3.14. The van der Waals surface area contributed by atoms with Gasteiger partial charge in [0, 0.05) is 11.7 Å². The zero-order valence-electron chi connectivity index (χ0n) is 6.50. The van der Waals surface area contributed by atoms with Crippen molar-refractivity contribution in [2.45, 2.75) is 19.4 Å². The van der Waals surface area contributed by atoms with E-state index in [0.717, 1.165) is 0 Å². The molecule has 0 aliphatic carbocycles. The molecule has 1 aliphatic rings. The van der Waals surface area contributed by atoms with Gasteiger partial charge >= 0.3 is 0 Å². The van der Waals surface area contributed by atoms with Crippen LogP contribution in [0.3, 0.4) is 0 Å². The summed E-state index contributed by atoms with van der Waals surface area (Å²) in [5.41, 5.74) is 2.77. The number of fused-ring (bicyclic) bond motifs is 1. The Bertz CT molecular complexity index is 222. The lowest BCUT2D eigenvalue weighted by atomic mass is 10.1. The molecule has 0 aromatic heterocycles. The minimum absolute atomic E-state index is 0. The number of halogens is 1. The molecule has 0 amide bonds. The van der Waals surface area contributed by atoms with Gasteiger partial charge in [0.2, 0.25) is 0 Å². The molecule has 0 bridgehead atoms. The van der Waals surface area contributed by atoms with E-state index in [0.29, 0.717) is 6.04 Å². The smallest absolute Gasteiger partial charge is 0.0375 e. The Morgan fingerprint density at radius 1 is 1.36 bits per heavy atom. The third kappa shape index (κ3) is 1.48. The molecule has 1 aromatic rings. The molecule has 0 unspecified atom stereocenters. The third-order valence-corrected chi connectivity index (χ3v) is 1.95. The molecule has 2 rings (SSSR count). The van der Waals surface area contributed by atoms with Gasteiger partial charge in [-0.15, -0.1) is 12.4 Å². The molecule has 1 nitrogen and oxygen atoms in total. The minimum Gasteiger partial charge on any atom is -0.382 e. The van der Waals surface area contributed by atoms with Crippen LogP contribution in [0.1, 0.15) is 12.5 Å². The van der Waals surface area contributed by atoms with Crippen molar-refractivity contribution in [3.63, 3.8) is 0 Å². The van der Waals surface area contributed by atoms with E-state index in [9.17, 15) is 0 Å². The third-order valence-electron chi connectivity index (χ3n) is 1.95. The largest absolute Gasteiger partial charge is 0.382 e. The summed E-state index contributed by atoms with van der Waals surface area (Å²) in [6.07, 6.45) is 1.18. The van der Waals surface area contributed by atoms with E-state index in [1.54, 1.807) is 0 Å². The van der Waals surface area contributed by atoms with Crippen molar-refractivity contribution in [3.05, 3.63) is 29.8 Å². The Hall–Kier alpha value is -0.690. The molecule has 2 heteroatoms. The first-order valence-corrected chi connectivity index (χ1v) is 3.71. The van der Waals surface area contributed by atoms with Crippen molar-refractivity contribution < 1.29 is 0 Å². The first-order chi connectivity index (χ1) is 4.86. The maximum atomic E-state index is 3.40. The van der Waals surface area contributed by atoms with Gasteiger partial charge in [-0.2, -0.15) is 0 Å². The number of hydrogen-bond donors (Lipinski definition) is 1. The quantitative estimate of drug-likeness (QED) is 0.629. The van der Waals surface area contributed by atoms with Crippen LogP contribution in [0.25, 0.3) is 0 Å². The van der Waals surface area contributed by atoms with Crippen LogP contribution < -0.4 is 5.32 Å². The lowest BCUT2D eigenvalue weighted by molar-refractivity contribution is 0.839. The van der Waals surface area contributed by atoms with Gasteiger partial charge in [0.1, 0.15) is 0 Å². The van der Waals surface area contributed by atoms with Gasteiger partial charge in [-0.1, -0.05) is 18.2 Å². The summed E-state index contributed by atoms with van der Waals surface area (Å²) in [6.45, 7) is 2.21. The van der Waals surface area contributed by atoms with Crippen LogP contribution in [0.15, 0.2) is 24.3 Å².